The molecule has 1 amide bonds. The van der Waals surface area contributed by atoms with Gasteiger partial charge in [0, 0.05) is 12.8 Å². The molecule has 1 aromatic carbocycles. The normalized spacial score (nSPS) is 29.9. The molecule has 3 rings (SSSR count). The summed E-state index contributed by atoms with van der Waals surface area (Å²) in [6.45, 7) is -0.0693. The van der Waals surface area contributed by atoms with Gasteiger partial charge in [-0.25, -0.2) is 0 Å². The fourth-order valence-electron chi connectivity index (χ4n) is 3.06. The lowest BCUT2D eigenvalue weighted by Gasteiger charge is -2.34. The molecule has 0 aromatic heterocycles. The van der Waals surface area contributed by atoms with E-state index in [-0.39, 0.29) is 19.4 Å². The lowest BCUT2D eigenvalue weighted by molar-refractivity contribution is -0.293. The monoisotopic (exact) mass is 285 g/mol. The Morgan fingerprint density at radius 3 is 2.65 bits per heavy atom. The number of alkyl halides is 3. The van der Waals surface area contributed by atoms with Gasteiger partial charge in [-0.05, 0) is 12.0 Å². The Balaban J connectivity index is 1.87. The van der Waals surface area contributed by atoms with Gasteiger partial charge in [0.25, 0.3) is 0 Å². The number of fused-ring (bicyclic) bond motifs is 1. The quantitative estimate of drug-likeness (QED) is 0.835. The number of hydrogen-bond donors (Lipinski definition) is 0. The number of carbonyl (C=O) groups excluding carboxylic acids is 1. The Bertz CT molecular complexity index is 517. The molecule has 0 saturated carbocycles. The molecule has 0 bridgehead atoms. The van der Waals surface area contributed by atoms with Crippen LogP contribution in [0.3, 0.4) is 0 Å². The van der Waals surface area contributed by atoms with Gasteiger partial charge >= 0.3 is 6.18 Å². The van der Waals surface area contributed by atoms with Crippen LogP contribution in [0.5, 0.6) is 0 Å². The van der Waals surface area contributed by atoms with Crippen molar-refractivity contribution in [3.05, 3.63) is 35.9 Å². The topological polar surface area (TPSA) is 29.5 Å². The molecule has 0 radical (unpaired) electrons. The standard InChI is InChI=1S/C14H14F3NO2/c15-14(16,17)13-7-6-12(19)18(13)11(9-20-13)8-10-4-2-1-3-5-10/h1-5,11H,6-9H2/t11-,13-/m1/s1. The fourth-order valence-corrected chi connectivity index (χ4v) is 3.06. The summed E-state index contributed by atoms with van der Waals surface area (Å²) in [5.41, 5.74) is -1.50. The van der Waals surface area contributed by atoms with Crippen molar-refractivity contribution in [3.63, 3.8) is 0 Å². The van der Waals surface area contributed by atoms with E-state index in [1.165, 1.54) is 0 Å². The van der Waals surface area contributed by atoms with Gasteiger partial charge in [-0.15, -0.1) is 0 Å². The molecule has 2 saturated heterocycles. The van der Waals surface area contributed by atoms with Crippen LogP contribution in [0.25, 0.3) is 0 Å². The van der Waals surface area contributed by atoms with Crippen molar-refractivity contribution in [3.8, 4) is 0 Å². The highest BCUT2D eigenvalue weighted by Gasteiger charge is 2.68. The van der Waals surface area contributed by atoms with Crippen LogP contribution in [-0.2, 0) is 16.0 Å². The zero-order valence-electron chi connectivity index (χ0n) is 10.7. The Morgan fingerprint density at radius 1 is 1.30 bits per heavy atom. The van der Waals surface area contributed by atoms with Crippen LogP contribution in [-0.4, -0.2) is 35.4 Å². The molecule has 20 heavy (non-hydrogen) atoms. The minimum absolute atomic E-state index is 0.0693. The molecule has 0 unspecified atom stereocenters. The molecule has 6 heteroatoms. The molecule has 108 valence electrons. The number of nitrogens with zero attached hydrogens (tertiary/aromatic N) is 1. The van der Waals surface area contributed by atoms with Crippen LogP contribution in [0.4, 0.5) is 13.2 Å². The van der Waals surface area contributed by atoms with Crippen LogP contribution in [0.1, 0.15) is 18.4 Å². The van der Waals surface area contributed by atoms with E-state index in [1.54, 1.807) is 0 Å². The number of hydrogen-bond acceptors (Lipinski definition) is 2. The molecule has 2 heterocycles. The van der Waals surface area contributed by atoms with Crippen molar-refractivity contribution in [2.24, 2.45) is 0 Å². The number of ether oxygens (including phenoxy) is 1. The zero-order valence-corrected chi connectivity index (χ0v) is 10.7. The summed E-state index contributed by atoms with van der Waals surface area (Å²) in [5.74, 6) is -0.472. The molecule has 2 aliphatic rings. The summed E-state index contributed by atoms with van der Waals surface area (Å²) >= 11 is 0. The van der Waals surface area contributed by atoms with Crippen molar-refractivity contribution < 1.29 is 22.7 Å². The van der Waals surface area contributed by atoms with Gasteiger partial charge in [0.05, 0.1) is 12.6 Å². The van der Waals surface area contributed by atoms with Crippen LogP contribution in [0.2, 0.25) is 0 Å². The smallest absolute Gasteiger partial charge is 0.345 e. The maximum atomic E-state index is 13.3. The summed E-state index contributed by atoms with van der Waals surface area (Å²) in [6.07, 6.45) is -4.58. The summed E-state index contributed by atoms with van der Waals surface area (Å²) in [5, 5.41) is 0. The van der Waals surface area contributed by atoms with E-state index in [2.05, 4.69) is 0 Å². The fraction of sp³-hybridized carbons (Fsp3) is 0.500. The van der Waals surface area contributed by atoms with E-state index in [0.29, 0.717) is 6.42 Å². The zero-order chi connectivity index (χ0) is 14.4. The van der Waals surface area contributed by atoms with Gasteiger partial charge in [-0.1, -0.05) is 30.3 Å². The largest absolute Gasteiger partial charge is 0.436 e. The summed E-state index contributed by atoms with van der Waals surface area (Å²) in [6, 6.07) is 8.63. The maximum Gasteiger partial charge on any atom is 0.436 e. The van der Waals surface area contributed by atoms with E-state index in [0.717, 1.165) is 10.5 Å². The van der Waals surface area contributed by atoms with Crippen molar-refractivity contribution in [2.45, 2.75) is 37.2 Å². The van der Waals surface area contributed by atoms with Crippen LogP contribution in [0, 0.1) is 0 Å². The number of rotatable bonds is 2. The third-order valence-electron chi connectivity index (χ3n) is 3.97. The third-order valence-corrected chi connectivity index (χ3v) is 3.97. The minimum atomic E-state index is -4.55. The van der Waals surface area contributed by atoms with Crippen LogP contribution < -0.4 is 0 Å². The predicted octanol–water partition coefficient (Wildman–Crippen LogP) is 2.51. The molecule has 2 fully saturated rings. The Kier molecular flexibility index (Phi) is 3.01. The average molecular weight is 285 g/mol. The Labute approximate surface area is 114 Å². The third kappa shape index (κ3) is 1.90. The van der Waals surface area contributed by atoms with E-state index in [4.69, 9.17) is 4.74 Å². The Morgan fingerprint density at radius 2 is 2.00 bits per heavy atom. The first-order valence-electron chi connectivity index (χ1n) is 6.51. The lowest BCUT2D eigenvalue weighted by atomic mass is 10.1. The first-order chi connectivity index (χ1) is 9.44. The van der Waals surface area contributed by atoms with Crippen molar-refractivity contribution in [1.29, 1.82) is 0 Å². The Hall–Kier alpha value is -1.56. The SMILES string of the molecule is O=C1CC[C@]2(C(F)(F)F)OC[C@@H](Cc3ccccc3)N12. The molecule has 1 aromatic rings. The van der Waals surface area contributed by atoms with Gasteiger partial charge < -0.3 is 9.64 Å². The number of amides is 1. The highest BCUT2D eigenvalue weighted by Crippen LogP contribution is 2.49. The molecule has 3 nitrogen and oxygen atoms in total. The maximum absolute atomic E-state index is 13.3. The summed E-state index contributed by atoms with van der Waals surface area (Å²) in [7, 11) is 0. The number of carbonyl (C=O) groups is 1. The predicted molar refractivity (Wildman–Crippen MR) is 64.8 cm³/mol. The molecule has 0 spiro atoms. The van der Waals surface area contributed by atoms with Crippen molar-refractivity contribution in [2.75, 3.05) is 6.61 Å². The molecule has 0 aliphatic carbocycles. The number of benzene rings is 1. The van der Waals surface area contributed by atoms with Gasteiger partial charge in [0.15, 0.2) is 0 Å². The van der Waals surface area contributed by atoms with Gasteiger partial charge in [-0.2, -0.15) is 13.2 Å². The highest BCUT2D eigenvalue weighted by molar-refractivity contribution is 5.80. The van der Waals surface area contributed by atoms with E-state index < -0.39 is 23.9 Å². The van der Waals surface area contributed by atoms with Crippen LogP contribution >= 0.6 is 0 Å². The van der Waals surface area contributed by atoms with Gasteiger partial charge in [0.1, 0.15) is 0 Å². The average Bonchev–Trinajstić information content (AvgIpc) is 2.92. The second-order valence-corrected chi connectivity index (χ2v) is 5.20. The summed E-state index contributed by atoms with van der Waals surface area (Å²) in [4.78, 5) is 12.8. The molecular formula is C14H14F3NO2. The second kappa shape index (κ2) is 4.48. The molecule has 0 N–H and O–H groups in total. The highest BCUT2D eigenvalue weighted by atomic mass is 19.4. The van der Waals surface area contributed by atoms with Gasteiger partial charge in [0.2, 0.25) is 11.6 Å². The van der Waals surface area contributed by atoms with Crippen molar-refractivity contribution >= 4 is 5.91 Å². The van der Waals surface area contributed by atoms with E-state index in [9.17, 15) is 18.0 Å². The molecule has 2 aliphatic heterocycles. The molecule has 2 atom stereocenters. The summed E-state index contributed by atoms with van der Waals surface area (Å²) < 4.78 is 44.9. The number of halogens is 3. The van der Waals surface area contributed by atoms with E-state index >= 15 is 0 Å². The van der Waals surface area contributed by atoms with Gasteiger partial charge in [-0.3, -0.25) is 4.79 Å². The lowest BCUT2D eigenvalue weighted by Crippen LogP contribution is -2.55. The first kappa shape index (κ1) is 13.4. The van der Waals surface area contributed by atoms with Crippen LogP contribution in [0.15, 0.2) is 30.3 Å². The minimum Gasteiger partial charge on any atom is -0.345 e. The van der Waals surface area contributed by atoms with E-state index in [1.807, 2.05) is 30.3 Å². The first-order valence-corrected chi connectivity index (χ1v) is 6.51. The second-order valence-electron chi connectivity index (χ2n) is 5.20. The molecular weight excluding hydrogens is 271 g/mol. The van der Waals surface area contributed by atoms with Crippen molar-refractivity contribution in [1.82, 2.24) is 4.90 Å².